The third-order valence-electron chi connectivity index (χ3n) is 7.67. The van der Waals surface area contributed by atoms with E-state index in [1.165, 1.54) is 18.5 Å². The molecular weight excluding hydrogens is 354 g/mol. The van der Waals surface area contributed by atoms with Gasteiger partial charge in [-0.15, -0.1) is 0 Å². The number of likely N-dealkylation sites (tertiary alicyclic amines) is 2. The van der Waals surface area contributed by atoms with E-state index in [1.54, 1.807) is 0 Å². The van der Waals surface area contributed by atoms with E-state index in [0.29, 0.717) is 18.6 Å². The van der Waals surface area contributed by atoms with Crippen LogP contribution in [-0.4, -0.2) is 71.6 Å². The maximum Gasteiger partial charge on any atom is 0.410 e. The van der Waals surface area contributed by atoms with Crippen molar-refractivity contribution in [3.63, 3.8) is 0 Å². The molecule has 6 heteroatoms. The van der Waals surface area contributed by atoms with Crippen LogP contribution in [0.25, 0.3) is 0 Å². The Hall–Kier alpha value is -1.72. The highest BCUT2D eigenvalue weighted by atomic mass is 16.6. The topological polar surface area (TPSA) is 53.1 Å². The van der Waals surface area contributed by atoms with Crippen molar-refractivity contribution in [1.82, 2.24) is 14.7 Å². The van der Waals surface area contributed by atoms with Gasteiger partial charge in [-0.1, -0.05) is 0 Å². The molecule has 5 rings (SSSR count). The van der Waals surface area contributed by atoms with Crippen molar-refractivity contribution < 1.29 is 14.3 Å². The van der Waals surface area contributed by atoms with E-state index < -0.39 is 0 Å². The molecule has 4 aliphatic heterocycles. The van der Waals surface area contributed by atoms with Crippen molar-refractivity contribution in [2.24, 2.45) is 11.3 Å². The van der Waals surface area contributed by atoms with E-state index in [9.17, 15) is 9.59 Å². The monoisotopic (exact) mass is 387 g/mol. The molecule has 0 radical (unpaired) electrons. The normalized spacial score (nSPS) is 31.5. The molecular formula is C22H33N3O3. The predicted molar refractivity (Wildman–Crippen MR) is 106 cm³/mol. The molecule has 0 aromatic rings. The molecule has 2 amide bonds. The molecule has 5 aliphatic rings. The summed E-state index contributed by atoms with van der Waals surface area (Å²) in [7, 11) is 0. The summed E-state index contributed by atoms with van der Waals surface area (Å²) in [5.74, 6) is 1.17. The van der Waals surface area contributed by atoms with E-state index in [1.807, 2.05) is 11.8 Å². The van der Waals surface area contributed by atoms with Crippen LogP contribution in [0, 0.1) is 11.3 Å². The van der Waals surface area contributed by atoms with Gasteiger partial charge >= 0.3 is 6.09 Å². The van der Waals surface area contributed by atoms with Gasteiger partial charge in [-0.05, 0) is 57.4 Å². The molecule has 0 N–H and O–H groups in total. The third-order valence-corrected chi connectivity index (χ3v) is 7.67. The number of hydrogen-bond acceptors (Lipinski definition) is 4. The summed E-state index contributed by atoms with van der Waals surface area (Å²) in [5.41, 5.74) is 1.63. The van der Waals surface area contributed by atoms with Crippen LogP contribution in [0.2, 0.25) is 0 Å². The summed E-state index contributed by atoms with van der Waals surface area (Å²) in [6.07, 6.45) is 10.9. The molecule has 4 fully saturated rings. The minimum absolute atomic E-state index is 0.150. The third kappa shape index (κ3) is 3.29. The van der Waals surface area contributed by atoms with Gasteiger partial charge in [-0.25, -0.2) is 4.79 Å². The van der Waals surface area contributed by atoms with E-state index in [-0.39, 0.29) is 17.6 Å². The molecule has 4 heterocycles. The second-order valence-electron chi connectivity index (χ2n) is 9.65. The maximum atomic E-state index is 12.5. The van der Waals surface area contributed by atoms with Crippen LogP contribution in [-0.2, 0) is 9.53 Å². The van der Waals surface area contributed by atoms with Gasteiger partial charge in [0, 0.05) is 56.2 Å². The van der Waals surface area contributed by atoms with Crippen LogP contribution in [0.4, 0.5) is 4.79 Å². The highest BCUT2D eigenvalue weighted by Crippen LogP contribution is 2.44. The summed E-state index contributed by atoms with van der Waals surface area (Å²) >= 11 is 0. The molecule has 1 spiro atoms. The fourth-order valence-electron chi connectivity index (χ4n) is 5.89. The number of piperidine rings is 1. The van der Waals surface area contributed by atoms with Crippen LogP contribution in [0.3, 0.4) is 0 Å². The van der Waals surface area contributed by atoms with E-state index in [2.05, 4.69) is 15.9 Å². The predicted octanol–water partition coefficient (Wildman–Crippen LogP) is 2.99. The van der Waals surface area contributed by atoms with Crippen LogP contribution >= 0.6 is 0 Å². The first-order valence-corrected chi connectivity index (χ1v) is 11.3. The van der Waals surface area contributed by atoms with Crippen LogP contribution in [0.15, 0.2) is 11.8 Å². The lowest BCUT2D eigenvalue weighted by Crippen LogP contribution is -2.47. The second-order valence-corrected chi connectivity index (χ2v) is 9.65. The Balaban J connectivity index is 1.20. The molecule has 1 aliphatic carbocycles. The summed E-state index contributed by atoms with van der Waals surface area (Å²) in [6.45, 7) is 6.40. The van der Waals surface area contributed by atoms with Crippen molar-refractivity contribution in [3.05, 3.63) is 11.8 Å². The molecule has 3 saturated heterocycles. The smallest absolute Gasteiger partial charge is 0.410 e. The molecule has 2 unspecified atom stereocenters. The van der Waals surface area contributed by atoms with Gasteiger partial charge in [-0.3, -0.25) is 9.69 Å². The van der Waals surface area contributed by atoms with Crippen molar-refractivity contribution in [2.75, 3.05) is 32.8 Å². The van der Waals surface area contributed by atoms with Crippen LogP contribution < -0.4 is 0 Å². The molecule has 2 atom stereocenters. The first kappa shape index (κ1) is 18.3. The van der Waals surface area contributed by atoms with E-state index >= 15 is 0 Å². The van der Waals surface area contributed by atoms with Gasteiger partial charge in [0.2, 0.25) is 5.91 Å². The standard InChI is InChI=1S/C22H33N3O3/c1-2-28-21(27)25-17-5-6-18(25)12-19(11-17)23-9-7-22(8-10-23)13-20(26)24(15-22)14-16-3-4-16/h11,16-18H,2-10,12-15H2,1H3. The summed E-state index contributed by atoms with van der Waals surface area (Å²) in [4.78, 5) is 31.4. The molecule has 1 saturated carbocycles. The van der Waals surface area contributed by atoms with Crippen molar-refractivity contribution in [3.8, 4) is 0 Å². The number of nitrogens with zero attached hydrogens (tertiary/aromatic N) is 3. The Morgan fingerprint density at radius 2 is 2.00 bits per heavy atom. The zero-order valence-corrected chi connectivity index (χ0v) is 17.1. The van der Waals surface area contributed by atoms with Gasteiger partial charge in [-0.2, -0.15) is 0 Å². The largest absolute Gasteiger partial charge is 0.450 e. The van der Waals surface area contributed by atoms with Crippen molar-refractivity contribution in [2.45, 2.75) is 70.4 Å². The molecule has 6 nitrogen and oxygen atoms in total. The van der Waals surface area contributed by atoms with Gasteiger partial charge in [0.15, 0.2) is 0 Å². The molecule has 2 bridgehead atoms. The van der Waals surface area contributed by atoms with Gasteiger partial charge in [0.1, 0.15) is 0 Å². The van der Waals surface area contributed by atoms with Crippen molar-refractivity contribution >= 4 is 12.0 Å². The lowest BCUT2D eigenvalue weighted by Gasteiger charge is -2.43. The number of fused-ring (bicyclic) bond motifs is 2. The number of carbonyl (C=O) groups excluding carboxylic acids is 2. The molecule has 0 aromatic carbocycles. The van der Waals surface area contributed by atoms with E-state index in [4.69, 9.17) is 4.74 Å². The Bertz CT molecular complexity index is 679. The summed E-state index contributed by atoms with van der Waals surface area (Å²) < 4.78 is 5.27. The maximum absolute atomic E-state index is 12.5. The Labute approximate surface area is 167 Å². The highest BCUT2D eigenvalue weighted by Gasteiger charge is 2.47. The number of ether oxygens (including phenoxy) is 1. The lowest BCUT2D eigenvalue weighted by atomic mass is 9.77. The Morgan fingerprint density at radius 1 is 1.21 bits per heavy atom. The average Bonchev–Trinajstić information content (AvgIpc) is 3.39. The fraction of sp³-hybridized carbons (Fsp3) is 0.818. The lowest BCUT2D eigenvalue weighted by molar-refractivity contribution is -0.128. The number of amides is 2. The zero-order valence-electron chi connectivity index (χ0n) is 17.1. The average molecular weight is 388 g/mol. The summed E-state index contributed by atoms with van der Waals surface area (Å²) in [5, 5.41) is 0. The van der Waals surface area contributed by atoms with Crippen molar-refractivity contribution in [1.29, 1.82) is 0 Å². The summed E-state index contributed by atoms with van der Waals surface area (Å²) in [6, 6.07) is 0.493. The fourth-order valence-corrected chi connectivity index (χ4v) is 5.89. The van der Waals surface area contributed by atoms with E-state index in [0.717, 1.165) is 70.6 Å². The second kappa shape index (κ2) is 6.96. The van der Waals surface area contributed by atoms with Crippen LogP contribution in [0.1, 0.15) is 58.3 Å². The Kier molecular flexibility index (Phi) is 4.55. The molecule has 154 valence electrons. The van der Waals surface area contributed by atoms with Gasteiger partial charge < -0.3 is 14.5 Å². The number of carbonyl (C=O) groups is 2. The van der Waals surface area contributed by atoms with Crippen LogP contribution in [0.5, 0.6) is 0 Å². The Morgan fingerprint density at radius 3 is 2.68 bits per heavy atom. The highest BCUT2D eigenvalue weighted by molar-refractivity contribution is 5.79. The molecule has 0 aromatic heterocycles. The SMILES string of the molecule is CCOC(=O)N1C2C=C(N3CCC4(CC3)CC(=O)N(CC3CC3)C4)CC1CC2. The van der Waals surface area contributed by atoms with Gasteiger partial charge in [0.05, 0.1) is 12.6 Å². The van der Waals surface area contributed by atoms with Gasteiger partial charge in [0.25, 0.3) is 0 Å². The number of rotatable bonds is 4. The quantitative estimate of drug-likeness (QED) is 0.744. The molecule has 28 heavy (non-hydrogen) atoms. The first-order chi connectivity index (χ1) is 13.6. The minimum atomic E-state index is -0.150. The zero-order chi connectivity index (χ0) is 19.3. The first-order valence-electron chi connectivity index (χ1n) is 11.3. The number of hydrogen-bond donors (Lipinski definition) is 0. The minimum Gasteiger partial charge on any atom is -0.450 e.